The molecule has 124 valence electrons. The second kappa shape index (κ2) is 7.05. The topological polar surface area (TPSA) is 3.24 Å². The SMILES string of the molecule is CCC(C)CC1=CCC(C2=CC3=CCN(C)CC3C(C)=C2)C=C1. The van der Waals surface area contributed by atoms with Crippen molar-refractivity contribution in [3.05, 3.63) is 58.7 Å². The van der Waals surface area contributed by atoms with E-state index in [2.05, 4.69) is 69.2 Å². The van der Waals surface area contributed by atoms with Gasteiger partial charge in [-0.15, -0.1) is 0 Å². The van der Waals surface area contributed by atoms with Crippen LogP contribution in [0.15, 0.2) is 58.7 Å². The average molecular weight is 309 g/mol. The van der Waals surface area contributed by atoms with E-state index in [1.165, 1.54) is 29.6 Å². The predicted octanol–water partition coefficient (Wildman–Crippen LogP) is 5.30. The summed E-state index contributed by atoms with van der Waals surface area (Å²) in [5, 5.41) is 0. The number of hydrogen-bond acceptors (Lipinski definition) is 1. The summed E-state index contributed by atoms with van der Waals surface area (Å²) in [6.07, 6.45) is 18.3. The Bertz CT molecular complexity index is 599. The van der Waals surface area contributed by atoms with Gasteiger partial charge in [-0.1, -0.05) is 67.9 Å². The summed E-state index contributed by atoms with van der Waals surface area (Å²) >= 11 is 0. The number of nitrogens with zero attached hydrogens (tertiary/aromatic N) is 1. The minimum Gasteiger partial charge on any atom is -0.302 e. The molecule has 3 rings (SSSR count). The van der Waals surface area contributed by atoms with Crippen LogP contribution in [-0.4, -0.2) is 25.0 Å². The Labute approximate surface area is 142 Å². The molecule has 0 saturated heterocycles. The predicted molar refractivity (Wildman–Crippen MR) is 100 cm³/mol. The van der Waals surface area contributed by atoms with Gasteiger partial charge in [0.25, 0.3) is 0 Å². The van der Waals surface area contributed by atoms with E-state index in [0.29, 0.717) is 11.8 Å². The molecule has 0 amide bonds. The van der Waals surface area contributed by atoms with Crippen LogP contribution in [0.4, 0.5) is 0 Å². The molecule has 1 nitrogen and oxygen atoms in total. The maximum atomic E-state index is 2.47. The molecule has 0 aromatic rings. The lowest BCUT2D eigenvalue weighted by atomic mass is 9.78. The fourth-order valence-electron chi connectivity index (χ4n) is 3.88. The van der Waals surface area contributed by atoms with Crippen molar-refractivity contribution in [3.8, 4) is 0 Å². The molecule has 1 heteroatoms. The normalized spacial score (nSPS) is 29.2. The summed E-state index contributed by atoms with van der Waals surface area (Å²) in [7, 11) is 2.22. The van der Waals surface area contributed by atoms with Gasteiger partial charge in [-0.3, -0.25) is 0 Å². The molecule has 0 aromatic heterocycles. The summed E-state index contributed by atoms with van der Waals surface area (Å²) < 4.78 is 0. The molecule has 3 atom stereocenters. The average Bonchev–Trinajstić information content (AvgIpc) is 2.56. The standard InChI is InChI=1S/C22H31N/c1-5-16(2)12-18-6-8-19(9-7-18)21-13-17(3)22-15-23(4)11-10-20(22)14-21/h6-8,10,13-14,16,19,22H,5,9,11-12,15H2,1-4H3. The van der Waals surface area contributed by atoms with Gasteiger partial charge in [0, 0.05) is 24.9 Å². The minimum absolute atomic E-state index is 0.562. The highest BCUT2D eigenvalue weighted by molar-refractivity contribution is 5.47. The van der Waals surface area contributed by atoms with Gasteiger partial charge in [0.15, 0.2) is 0 Å². The van der Waals surface area contributed by atoms with Crippen molar-refractivity contribution in [2.45, 2.75) is 40.0 Å². The van der Waals surface area contributed by atoms with Gasteiger partial charge >= 0.3 is 0 Å². The number of likely N-dealkylation sites (N-methyl/N-ethyl adjacent to an activating group) is 1. The van der Waals surface area contributed by atoms with E-state index in [-0.39, 0.29) is 0 Å². The smallest absolute Gasteiger partial charge is 0.0174 e. The molecule has 23 heavy (non-hydrogen) atoms. The maximum absolute atomic E-state index is 2.47. The Hall–Kier alpha value is -1.34. The fourth-order valence-corrected chi connectivity index (χ4v) is 3.88. The summed E-state index contributed by atoms with van der Waals surface area (Å²) in [5.74, 6) is 1.97. The van der Waals surface area contributed by atoms with Crippen molar-refractivity contribution < 1.29 is 0 Å². The Morgan fingerprint density at radius 1 is 1.22 bits per heavy atom. The van der Waals surface area contributed by atoms with Gasteiger partial charge in [0.1, 0.15) is 0 Å². The fraction of sp³-hybridized carbons (Fsp3) is 0.545. The molecule has 0 spiro atoms. The summed E-state index contributed by atoms with van der Waals surface area (Å²) in [6.45, 7) is 9.19. The summed E-state index contributed by atoms with van der Waals surface area (Å²) in [4.78, 5) is 2.41. The minimum atomic E-state index is 0.562. The zero-order valence-electron chi connectivity index (χ0n) is 15.2. The molecule has 3 aliphatic rings. The molecule has 2 aliphatic carbocycles. The van der Waals surface area contributed by atoms with Crippen LogP contribution in [0.3, 0.4) is 0 Å². The van der Waals surface area contributed by atoms with E-state index in [9.17, 15) is 0 Å². The highest BCUT2D eigenvalue weighted by Crippen LogP contribution is 2.36. The van der Waals surface area contributed by atoms with Crippen LogP contribution in [0.25, 0.3) is 0 Å². The van der Waals surface area contributed by atoms with Gasteiger partial charge < -0.3 is 4.90 Å². The lowest BCUT2D eigenvalue weighted by Crippen LogP contribution is -2.33. The number of hydrogen-bond donors (Lipinski definition) is 0. The Morgan fingerprint density at radius 3 is 2.74 bits per heavy atom. The van der Waals surface area contributed by atoms with Crippen LogP contribution >= 0.6 is 0 Å². The van der Waals surface area contributed by atoms with Crippen molar-refractivity contribution in [3.63, 3.8) is 0 Å². The molecule has 1 heterocycles. The molecular weight excluding hydrogens is 278 g/mol. The van der Waals surface area contributed by atoms with Crippen molar-refractivity contribution in [1.82, 2.24) is 4.90 Å². The van der Waals surface area contributed by atoms with Crippen LogP contribution in [0, 0.1) is 17.8 Å². The quantitative estimate of drug-likeness (QED) is 0.681. The van der Waals surface area contributed by atoms with E-state index < -0.39 is 0 Å². The summed E-state index contributed by atoms with van der Waals surface area (Å²) in [5.41, 5.74) is 6.11. The Kier molecular flexibility index (Phi) is 5.06. The van der Waals surface area contributed by atoms with Crippen LogP contribution in [0.1, 0.15) is 40.0 Å². The van der Waals surface area contributed by atoms with Crippen molar-refractivity contribution in [2.75, 3.05) is 20.1 Å². The molecule has 0 saturated carbocycles. The first-order chi connectivity index (χ1) is 11.1. The van der Waals surface area contributed by atoms with Gasteiger partial charge in [-0.25, -0.2) is 0 Å². The molecular formula is C22H31N. The van der Waals surface area contributed by atoms with E-state index in [1.807, 2.05) is 0 Å². The van der Waals surface area contributed by atoms with E-state index >= 15 is 0 Å². The molecule has 0 fully saturated rings. The first-order valence-corrected chi connectivity index (χ1v) is 9.22. The van der Waals surface area contributed by atoms with Crippen LogP contribution < -0.4 is 0 Å². The molecule has 0 radical (unpaired) electrons. The second-order valence-corrected chi connectivity index (χ2v) is 7.71. The first-order valence-electron chi connectivity index (χ1n) is 9.22. The third-order valence-electron chi connectivity index (χ3n) is 5.70. The summed E-state index contributed by atoms with van der Waals surface area (Å²) in [6, 6.07) is 0. The zero-order valence-corrected chi connectivity index (χ0v) is 15.2. The third kappa shape index (κ3) is 3.77. The number of fused-ring (bicyclic) bond motifs is 1. The number of allylic oxidation sites excluding steroid dienone is 7. The van der Waals surface area contributed by atoms with E-state index in [0.717, 1.165) is 25.4 Å². The Morgan fingerprint density at radius 2 is 2.04 bits per heavy atom. The first kappa shape index (κ1) is 16.5. The Balaban J connectivity index is 1.71. The molecule has 3 unspecified atom stereocenters. The third-order valence-corrected chi connectivity index (χ3v) is 5.70. The lowest BCUT2D eigenvalue weighted by molar-refractivity contribution is 0.322. The largest absolute Gasteiger partial charge is 0.302 e. The van der Waals surface area contributed by atoms with Gasteiger partial charge in [-0.2, -0.15) is 0 Å². The van der Waals surface area contributed by atoms with Gasteiger partial charge in [-0.05, 0) is 43.9 Å². The van der Waals surface area contributed by atoms with Crippen molar-refractivity contribution >= 4 is 0 Å². The highest BCUT2D eigenvalue weighted by Gasteiger charge is 2.26. The molecule has 0 N–H and O–H groups in total. The van der Waals surface area contributed by atoms with E-state index in [1.54, 1.807) is 5.57 Å². The van der Waals surface area contributed by atoms with Crippen molar-refractivity contribution in [2.24, 2.45) is 17.8 Å². The lowest BCUT2D eigenvalue weighted by Gasteiger charge is -2.34. The maximum Gasteiger partial charge on any atom is 0.0174 e. The van der Waals surface area contributed by atoms with Crippen LogP contribution in [-0.2, 0) is 0 Å². The van der Waals surface area contributed by atoms with Crippen LogP contribution in [0.2, 0.25) is 0 Å². The van der Waals surface area contributed by atoms with Crippen molar-refractivity contribution in [1.29, 1.82) is 0 Å². The second-order valence-electron chi connectivity index (χ2n) is 7.71. The molecule has 0 aromatic carbocycles. The van der Waals surface area contributed by atoms with Crippen LogP contribution in [0.5, 0.6) is 0 Å². The molecule has 1 aliphatic heterocycles. The zero-order chi connectivity index (χ0) is 16.4. The monoisotopic (exact) mass is 309 g/mol. The number of rotatable bonds is 4. The van der Waals surface area contributed by atoms with Gasteiger partial charge in [0.2, 0.25) is 0 Å². The highest BCUT2D eigenvalue weighted by atomic mass is 15.1. The van der Waals surface area contributed by atoms with Gasteiger partial charge in [0.05, 0.1) is 0 Å². The van der Waals surface area contributed by atoms with E-state index in [4.69, 9.17) is 0 Å². The molecule has 0 bridgehead atoms.